The minimum atomic E-state index is -2.33. The lowest BCUT2D eigenvalue weighted by Gasteiger charge is -2.72. The van der Waals surface area contributed by atoms with Crippen LogP contribution in [0.2, 0.25) is 0 Å². The first-order valence-electron chi connectivity index (χ1n) is 42.1. The van der Waals surface area contributed by atoms with Gasteiger partial charge in [-0.2, -0.15) is 0 Å². The van der Waals surface area contributed by atoms with Crippen LogP contribution in [0.3, 0.4) is 0 Å². The van der Waals surface area contributed by atoms with Crippen LogP contribution in [-0.2, 0) is 167 Å². The molecule has 696 valence electrons. The number of ether oxygens (including phenoxy) is 22. The molecule has 2 N–H and O–H groups in total. The molecule has 0 aromatic heterocycles. The Labute approximate surface area is 724 Å². The van der Waals surface area contributed by atoms with Crippen LogP contribution in [0.4, 0.5) is 0 Å². The summed E-state index contributed by atoms with van der Waals surface area (Å²) in [5.41, 5.74) is -5.06. The van der Waals surface area contributed by atoms with Crippen molar-refractivity contribution in [3.8, 4) is 0 Å². The van der Waals surface area contributed by atoms with Gasteiger partial charge in [0.15, 0.2) is 86.2 Å². The first-order valence-corrected chi connectivity index (χ1v) is 42.1. The van der Waals surface area contributed by atoms with Gasteiger partial charge in [0.1, 0.15) is 55.9 Å². The maximum Gasteiger partial charge on any atom is 0.338 e. The van der Waals surface area contributed by atoms with Crippen LogP contribution in [0.1, 0.15) is 201 Å². The fraction of sp³-hybridized carbons (Fsp3) is 0.747. The fourth-order valence-corrected chi connectivity index (χ4v) is 21.4. The van der Waals surface area contributed by atoms with Gasteiger partial charge >= 0.3 is 83.6 Å². The molecule has 0 radical (unpaired) electrons. The number of carbonyl (C=O) groups excluding carboxylic acids is 14. The molecule has 31 atom stereocenters. The second-order valence-electron chi connectivity index (χ2n) is 35.8. The summed E-state index contributed by atoms with van der Waals surface area (Å²) < 4.78 is 136. The van der Waals surface area contributed by atoms with Crippen LogP contribution in [-0.4, -0.2) is 267 Å². The van der Waals surface area contributed by atoms with Gasteiger partial charge in [-0.3, -0.25) is 57.5 Å². The molecule has 4 aliphatic heterocycles. The summed E-state index contributed by atoms with van der Waals surface area (Å²) in [5.74, 6) is -14.4. The molecular weight excluding hydrogens is 1650 g/mol. The number of esters is 14. The van der Waals surface area contributed by atoms with Crippen molar-refractivity contribution in [1.82, 2.24) is 0 Å². The van der Waals surface area contributed by atoms with Gasteiger partial charge < -0.3 is 114 Å². The van der Waals surface area contributed by atoms with E-state index in [1.807, 2.05) is 27.7 Å². The van der Waals surface area contributed by atoms with Crippen molar-refractivity contribution in [2.45, 2.75) is 338 Å². The molecule has 0 unspecified atom stereocenters. The highest BCUT2D eigenvalue weighted by Crippen LogP contribution is 2.76. The zero-order chi connectivity index (χ0) is 92.4. The Kier molecular flexibility index (Phi) is 31.0. The lowest BCUT2D eigenvalue weighted by atomic mass is 9.33. The predicted octanol–water partition coefficient (Wildman–Crippen LogP) is 5.66. The van der Waals surface area contributed by atoms with Crippen LogP contribution in [0.5, 0.6) is 0 Å². The number of hydrogen-bond donors (Lipinski definition) is 2. The lowest BCUT2D eigenvalue weighted by Crippen LogP contribution is -2.73. The summed E-state index contributed by atoms with van der Waals surface area (Å²) in [6.45, 7) is 27.5. The maximum absolute atomic E-state index is 14.7. The Balaban J connectivity index is 1.09. The van der Waals surface area contributed by atoms with Gasteiger partial charge in [0.25, 0.3) is 0 Å². The van der Waals surface area contributed by atoms with Gasteiger partial charge in [0, 0.05) is 88.5 Å². The summed E-state index contributed by atoms with van der Waals surface area (Å²) >= 11 is 0. The summed E-state index contributed by atoms with van der Waals surface area (Å²) in [5, 5.41) is 27.1. The molecule has 0 amide bonds. The lowest BCUT2D eigenvalue weighted by molar-refractivity contribution is -0.396. The predicted molar refractivity (Wildman–Crippen MR) is 419 cm³/mol. The highest BCUT2D eigenvalue weighted by molar-refractivity contribution is 5.89. The molecule has 0 spiro atoms. The SMILES string of the molecule is CCOC(=O)[C@H]1O[C@@H](O[C@H]2CC[C@]3(C)[C@H]4CC=C5[C@@H]6CC(C)(C)[C@@H](OC(=O)c7ccccc7)[C@H](OC(C)=O)[C@]6(CO[C@@H]6O[C@@H](C)[C@H](OC(C)=O)[C@@H](OC(C)=O)[C@H]6OC(C)=O)[C@H](O)C[C@@]5(C)[C@]4(C)CC[C@H]3C2(C)C)[C@H](O[C@@H]2O[C@H](COC(C)=O)[C@H](OC(C)=O)[C@H](OC(C)=O)[C@H]2OC(C)=O)[C@@H](O[C@@H]2O[C@H](COC(C)=O)[C@H](OC(C)=O)[C@H](OC(C)=O)[C@H]2OC(C)=O)[C@@H]1O. The monoisotopic (exact) mass is 1770 g/mol. The van der Waals surface area contributed by atoms with E-state index in [0.29, 0.717) is 25.7 Å². The molecule has 38 heteroatoms. The number of aliphatic hydroxyl groups is 2. The van der Waals surface area contributed by atoms with Crippen LogP contribution < -0.4 is 0 Å². The first-order chi connectivity index (χ1) is 58.4. The molecule has 0 bridgehead atoms. The third-order valence-electron chi connectivity index (χ3n) is 26.5. The molecule has 1 aromatic carbocycles. The van der Waals surface area contributed by atoms with Crippen molar-refractivity contribution in [3.05, 3.63) is 47.5 Å². The molecule has 1 aromatic rings. The Morgan fingerprint density at radius 2 is 0.888 bits per heavy atom. The standard InChI is InChI=1S/C87H120O38/c1-22-104-77(103)66-61(101)65(122-79-72(116-49(12)97)68(113-46(9)94)63(110-43(6)91)55(119-79)36-105-40(3)88)70(124-80-73(117-50(13)98)69(114-47(10)95)64(111-44(7)92)56(120-80)37-106-41(4)89)81(123-66)121-60-31-32-84(19)57(83(60,17)18)30-33-85(20)58(84)29-28-53-54-34-82(15,16)74(125-76(102)52-26-24-23-25-27-52)75(118-51(14)99)87(54,59(100)35-86(53,85)21)38-107-78-71(115-48(11)96)67(112-45(8)93)62(39(2)108-78)109-42(5)90/h23-28,39,54-75,78-81,100-101H,22,29-38H2,1-21H3/t39-,54-,55+,56+,57-,58+,59+,60-,61-,62-,63-,64-,65-,66-,67+,68-,69-,70+,71+,72+,73+,74-,75-,78+,79-,80-,81+,84-,85+,86+,87-/m0/s1. The van der Waals surface area contributed by atoms with Crippen LogP contribution in [0.25, 0.3) is 0 Å². The normalized spacial score (nSPS) is 38.5. The smallest absolute Gasteiger partial charge is 0.338 e. The molecule has 9 aliphatic rings. The van der Waals surface area contributed by atoms with Gasteiger partial charge in [-0.1, -0.05) is 78.3 Å². The minimum absolute atomic E-state index is 0.0206. The second-order valence-corrected chi connectivity index (χ2v) is 35.8. The summed E-state index contributed by atoms with van der Waals surface area (Å²) in [6.07, 6.45) is -37.8. The molecule has 8 fully saturated rings. The average Bonchev–Trinajstić information content (AvgIpc) is 0.664. The molecule has 10 rings (SSSR count). The number of hydrogen-bond acceptors (Lipinski definition) is 38. The van der Waals surface area contributed by atoms with E-state index in [4.69, 9.17) is 104 Å². The van der Waals surface area contributed by atoms with Crippen molar-refractivity contribution in [3.63, 3.8) is 0 Å². The largest absolute Gasteiger partial charge is 0.464 e. The van der Waals surface area contributed by atoms with Crippen molar-refractivity contribution >= 4 is 83.6 Å². The highest BCUT2D eigenvalue weighted by atomic mass is 16.8. The number of allylic oxidation sites excluding steroid dienone is 2. The van der Waals surface area contributed by atoms with Crippen LogP contribution in [0, 0.1) is 50.2 Å². The van der Waals surface area contributed by atoms with Crippen LogP contribution >= 0.6 is 0 Å². The third-order valence-corrected chi connectivity index (χ3v) is 26.5. The third kappa shape index (κ3) is 20.8. The minimum Gasteiger partial charge on any atom is -0.464 e. The van der Waals surface area contributed by atoms with Gasteiger partial charge in [0.2, 0.25) is 0 Å². The van der Waals surface area contributed by atoms with E-state index < -0.39 is 289 Å². The van der Waals surface area contributed by atoms with Crippen LogP contribution in [0.15, 0.2) is 42.0 Å². The van der Waals surface area contributed by atoms with E-state index in [-0.39, 0.29) is 43.3 Å². The zero-order valence-corrected chi connectivity index (χ0v) is 74.4. The Hall–Kier alpha value is -8.86. The summed E-state index contributed by atoms with van der Waals surface area (Å²) in [4.78, 5) is 187. The van der Waals surface area contributed by atoms with E-state index in [0.717, 1.165) is 81.7 Å². The van der Waals surface area contributed by atoms with Crippen molar-refractivity contribution in [2.75, 3.05) is 26.4 Å². The molecular formula is C87H120O38. The number of rotatable bonds is 27. The van der Waals surface area contributed by atoms with E-state index in [1.54, 1.807) is 30.3 Å². The van der Waals surface area contributed by atoms with E-state index in [2.05, 4.69) is 26.8 Å². The highest BCUT2D eigenvalue weighted by Gasteiger charge is 2.75. The van der Waals surface area contributed by atoms with Gasteiger partial charge in [-0.25, -0.2) is 9.59 Å². The van der Waals surface area contributed by atoms with E-state index in [9.17, 15) is 77.3 Å². The average molecular weight is 1770 g/mol. The second kappa shape index (κ2) is 39.4. The molecule has 5 aliphatic carbocycles. The molecule has 4 saturated carbocycles. The molecule has 125 heavy (non-hydrogen) atoms. The quantitative estimate of drug-likeness (QED) is 0.0464. The number of carbonyl (C=O) groups is 14. The number of aliphatic hydroxyl groups excluding tert-OH is 2. The zero-order valence-electron chi connectivity index (χ0n) is 74.4. The maximum atomic E-state index is 14.7. The molecule has 38 nitrogen and oxygen atoms in total. The van der Waals surface area contributed by atoms with Crippen molar-refractivity contribution < 1.29 is 182 Å². The fourth-order valence-electron chi connectivity index (χ4n) is 21.4. The molecule has 4 saturated heterocycles. The van der Waals surface area contributed by atoms with E-state index >= 15 is 0 Å². The topological polar surface area (TPSA) is 483 Å². The summed E-state index contributed by atoms with van der Waals surface area (Å²) in [6, 6.07) is 8.19. The Bertz CT molecular complexity index is 4200. The van der Waals surface area contributed by atoms with Gasteiger partial charge in [0.05, 0.1) is 42.5 Å². The van der Waals surface area contributed by atoms with Crippen molar-refractivity contribution in [1.29, 1.82) is 0 Å². The van der Waals surface area contributed by atoms with Crippen molar-refractivity contribution in [2.24, 2.45) is 50.2 Å². The number of fused-ring (bicyclic) bond motifs is 7. The van der Waals surface area contributed by atoms with Gasteiger partial charge in [-0.05, 0) is 110 Å². The van der Waals surface area contributed by atoms with Gasteiger partial charge in [-0.15, -0.1) is 0 Å². The van der Waals surface area contributed by atoms with E-state index in [1.165, 1.54) is 20.8 Å². The number of benzene rings is 1. The molecule has 4 heterocycles. The Morgan fingerprint density at radius 1 is 0.440 bits per heavy atom. The first kappa shape index (κ1) is 98.3. The Morgan fingerprint density at radius 3 is 1.37 bits per heavy atom. The summed E-state index contributed by atoms with van der Waals surface area (Å²) in [7, 11) is 0.